The first-order chi connectivity index (χ1) is 6.56. The Morgan fingerprint density at radius 2 is 2.29 bits per heavy atom. The largest absolute Gasteiger partial charge is 0.468 e. The van der Waals surface area contributed by atoms with Gasteiger partial charge in [-0.3, -0.25) is 4.79 Å². The van der Waals surface area contributed by atoms with Gasteiger partial charge in [0.05, 0.1) is 7.11 Å². The average Bonchev–Trinajstić information content (AvgIpc) is 2.15. The van der Waals surface area contributed by atoms with E-state index >= 15 is 0 Å². The number of hydrogen-bond donors (Lipinski definition) is 1. The van der Waals surface area contributed by atoms with Gasteiger partial charge >= 0.3 is 5.97 Å². The number of nitrogens with two attached hydrogens (primary N) is 1. The minimum absolute atomic E-state index is 0.0706. The van der Waals surface area contributed by atoms with E-state index in [9.17, 15) is 9.18 Å². The Bertz CT molecular complexity index is 357. The fourth-order valence-electron chi connectivity index (χ4n) is 1.01. The van der Waals surface area contributed by atoms with Gasteiger partial charge in [0, 0.05) is 10.6 Å². The van der Waals surface area contributed by atoms with Gasteiger partial charge in [-0.25, -0.2) is 4.39 Å². The van der Waals surface area contributed by atoms with E-state index in [1.807, 2.05) is 0 Å². The van der Waals surface area contributed by atoms with Crippen LogP contribution in [0.5, 0.6) is 0 Å². The molecule has 0 fully saturated rings. The van der Waals surface area contributed by atoms with Gasteiger partial charge < -0.3 is 10.5 Å². The van der Waals surface area contributed by atoms with Gasteiger partial charge in [0.15, 0.2) is 0 Å². The van der Waals surface area contributed by atoms with Crippen LogP contribution in [-0.2, 0) is 9.53 Å². The lowest BCUT2D eigenvalue weighted by atomic mass is 10.1. The third-order valence-corrected chi connectivity index (χ3v) is 1.99. The van der Waals surface area contributed by atoms with E-state index < -0.39 is 17.8 Å². The molecule has 1 aromatic carbocycles. The predicted molar refractivity (Wildman–Crippen MR) is 50.4 cm³/mol. The molecule has 0 amide bonds. The molecule has 1 atom stereocenters. The summed E-state index contributed by atoms with van der Waals surface area (Å²) in [5.41, 5.74) is 5.51. The number of carbonyl (C=O) groups excluding carboxylic acids is 1. The summed E-state index contributed by atoms with van der Waals surface area (Å²) in [4.78, 5) is 11.0. The molecule has 0 spiro atoms. The van der Waals surface area contributed by atoms with Gasteiger partial charge in [-0.15, -0.1) is 0 Å². The van der Waals surface area contributed by atoms with Crippen LogP contribution >= 0.6 is 11.6 Å². The molecule has 0 aliphatic rings. The van der Waals surface area contributed by atoms with E-state index in [1.54, 1.807) is 0 Å². The Kier molecular flexibility index (Phi) is 3.43. The number of ether oxygens (including phenoxy) is 1. The summed E-state index contributed by atoms with van der Waals surface area (Å²) >= 11 is 5.54. The molecule has 0 aromatic heterocycles. The zero-order valence-electron chi connectivity index (χ0n) is 7.46. The zero-order valence-corrected chi connectivity index (χ0v) is 8.22. The van der Waals surface area contributed by atoms with Gasteiger partial charge in [0.2, 0.25) is 0 Å². The lowest BCUT2D eigenvalue weighted by molar-refractivity contribution is -0.142. The van der Waals surface area contributed by atoms with E-state index in [1.165, 1.54) is 19.2 Å². The average molecular weight is 218 g/mol. The van der Waals surface area contributed by atoms with Crippen LogP contribution in [0.4, 0.5) is 4.39 Å². The van der Waals surface area contributed by atoms with E-state index in [0.29, 0.717) is 0 Å². The lowest BCUT2D eigenvalue weighted by Crippen LogP contribution is -2.23. The van der Waals surface area contributed by atoms with E-state index in [2.05, 4.69) is 4.74 Å². The minimum atomic E-state index is -1.11. The van der Waals surface area contributed by atoms with E-state index in [0.717, 1.165) is 6.07 Å². The quantitative estimate of drug-likeness (QED) is 0.767. The molecule has 5 heteroatoms. The molecule has 3 nitrogen and oxygen atoms in total. The summed E-state index contributed by atoms with van der Waals surface area (Å²) in [6.07, 6.45) is 0. The molecular formula is C9H9ClFNO2. The number of methoxy groups -OCH3 is 1. The van der Waals surface area contributed by atoms with Crippen molar-refractivity contribution in [2.45, 2.75) is 6.04 Å². The molecular weight excluding hydrogens is 209 g/mol. The number of halogens is 2. The molecule has 0 aliphatic heterocycles. The summed E-state index contributed by atoms with van der Waals surface area (Å²) in [6, 6.07) is 2.80. The van der Waals surface area contributed by atoms with Crippen molar-refractivity contribution in [1.82, 2.24) is 0 Å². The first-order valence-corrected chi connectivity index (χ1v) is 4.22. The van der Waals surface area contributed by atoms with Crippen LogP contribution in [0.1, 0.15) is 11.6 Å². The standard InChI is InChI=1S/C9H9ClFNO2/c1-14-9(13)8(12)6-3-2-5(10)4-7(6)11/h2-4,8H,12H2,1H3/t8-/m0/s1. The Hall–Kier alpha value is -1.13. The van der Waals surface area contributed by atoms with Crippen molar-refractivity contribution in [1.29, 1.82) is 0 Å². The normalized spacial score (nSPS) is 12.3. The third kappa shape index (κ3) is 2.21. The highest BCUT2D eigenvalue weighted by atomic mass is 35.5. The van der Waals surface area contributed by atoms with Gasteiger partial charge in [-0.05, 0) is 12.1 Å². The van der Waals surface area contributed by atoms with Crippen LogP contribution in [0, 0.1) is 5.82 Å². The minimum Gasteiger partial charge on any atom is -0.468 e. The van der Waals surface area contributed by atoms with Gasteiger partial charge in [-0.1, -0.05) is 17.7 Å². The molecule has 0 bridgehead atoms. The van der Waals surface area contributed by atoms with Crippen molar-refractivity contribution >= 4 is 17.6 Å². The zero-order chi connectivity index (χ0) is 10.7. The van der Waals surface area contributed by atoms with Crippen molar-refractivity contribution < 1.29 is 13.9 Å². The van der Waals surface area contributed by atoms with Crippen LogP contribution in [0.15, 0.2) is 18.2 Å². The second kappa shape index (κ2) is 4.39. The molecule has 0 radical (unpaired) electrons. The molecule has 1 aromatic rings. The molecule has 14 heavy (non-hydrogen) atoms. The van der Waals surface area contributed by atoms with Crippen molar-refractivity contribution in [2.75, 3.05) is 7.11 Å². The van der Waals surface area contributed by atoms with Crippen LogP contribution in [0.2, 0.25) is 5.02 Å². The van der Waals surface area contributed by atoms with E-state index in [-0.39, 0.29) is 10.6 Å². The first kappa shape index (κ1) is 10.9. The van der Waals surface area contributed by atoms with Crippen LogP contribution in [0.3, 0.4) is 0 Å². The molecule has 0 unspecified atom stereocenters. The molecule has 0 saturated heterocycles. The molecule has 2 N–H and O–H groups in total. The molecule has 76 valence electrons. The fraction of sp³-hybridized carbons (Fsp3) is 0.222. The first-order valence-electron chi connectivity index (χ1n) is 3.84. The molecule has 1 rings (SSSR count). The second-order valence-corrected chi connectivity index (χ2v) is 3.10. The van der Waals surface area contributed by atoms with Gasteiger partial charge in [-0.2, -0.15) is 0 Å². The van der Waals surface area contributed by atoms with E-state index in [4.69, 9.17) is 17.3 Å². The number of rotatable bonds is 2. The molecule has 0 saturated carbocycles. The van der Waals surface area contributed by atoms with Gasteiger partial charge in [0.25, 0.3) is 0 Å². The maximum Gasteiger partial charge on any atom is 0.327 e. The Morgan fingerprint density at radius 3 is 2.79 bits per heavy atom. The van der Waals surface area contributed by atoms with Crippen molar-refractivity contribution in [3.63, 3.8) is 0 Å². The summed E-state index contributed by atoms with van der Waals surface area (Å²) in [6.45, 7) is 0. The molecule has 0 heterocycles. The van der Waals surface area contributed by atoms with Crippen molar-refractivity contribution in [3.05, 3.63) is 34.6 Å². The maximum absolute atomic E-state index is 13.2. The van der Waals surface area contributed by atoms with Crippen molar-refractivity contribution in [2.24, 2.45) is 5.73 Å². The van der Waals surface area contributed by atoms with Gasteiger partial charge in [0.1, 0.15) is 11.9 Å². The third-order valence-electron chi connectivity index (χ3n) is 1.75. The Balaban J connectivity index is 3.01. The lowest BCUT2D eigenvalue weighted by Gasteiger charge is -2.10. The Labute approximate surface area is 85.6 Å². The van der Waals surface area contributed by atoms with Crippen molar-refractivity contribution in [3.8, 4) is 0 Å². The summed E-state index contributed by atoms with van der Waals surface area (Å²) < 4.78 is 17.6. The highest BCUT2D eigenvalue weighted by Crippen LogP contribution is 2.19. The number of hydrogen-bond acceptors (Lipinski definition) is 3. The summed E-state index contributed by atoms with van der Waals surface area (Å²) in [5, 5.41) is 0.253. The highest BCUT2D eigenvalue weighted by Gasteiger charge is 2.19. The number of carbonyl (C=O) groups is 1. The highest BCUT2D eigenvalue weighted by molar-refractivity contribution is 6.30. The SMILES string of the molecule is COC(=O)[C@@H](N)c1ccc(Cl)cc1F. The fourth-order valence-corrected chi connectivity index (χ4v) is 1.17. The summed E-state index contributed by atoms with van der Waals surface area (Å²) in [5.74, 6) is -1.30. The smallest absolute Gasteiger partial charge is 0.327 e. The number of esters is 1. The van der Waals surface area contributed by atoms with Crippen LogP contribution in [0.25, 0.3) is 0 Å². The molecule has 0 aliphatic carbocycles. The predicted octanol–water partition coefficient (Wildman–Crippen LogP) is 1.65. The second-order valence-electron chi connectivity index (χ2n) is 2.67. The van der Waals surface area contributed by atoms with Crippen LogP contribution < -0.4 is 5.73 Å². The number of benzene rings is 1. The maximum atomic E-state index is 13.2. The topological polar surface area (TPSA) is 52.3 Å². The summed E-state index contributed by atoms with van der Waals surface area (Å²) in [7, 11) is 1.19. The Morgan fingerprint density at radius 1 is 1.64 bits per heavy atom. The van der Waals surface area contributed by atoms with Crippen LogP contribution in [-0.4, -0.2) is 13.1 Å². The monoisotopic (exact) mass is 217 g/mol.